The van der Waals surface area contributed by atoms with E-state index < -0.39 is 0 Å². The first-order chi connectivity index (χ1) is 10.7. The lowest BCUT2D eigenvalue weighted by atomic mass is 10.2. The lowest BCUT2D eigenvalue weighted by Crippen LogP contribution is -2.22. The molecular formula is C15H14N4O3. The molecule has 3 heterocycles. The van der Waals surface area contributed by atoms with E-state index in [2.05, 4.69) is 15.5 Å². The number of aromatic nitrogens is 2. The summed E-state index contributed by atoms with van der Waals surface area (Å²) >= 11 is 0. The second-order valence-corrected chi connectivity index (χ2v) is 4.74. The summed E-state index contributed by atoms with van der Waals surface area (Å²) in [6.45, 7) is 2.24. The summed E-state index contributed by atoms with van der Waals surface area (Å²) in [7, 11) is 0. The van der Waals surface area contributed by atoms with Crippen molar-refractivity contribution in [2.45, 2.75) is 13.5 Å². The monoisotopic (exact) mass is 298 g/mol. The molecule has 0 aliphatic heterocycles. The van der Waals surface area contributed by atoms with E-state index in [0.717, 1.165) is 11.8 Å². The number of nitrogens with zero attached hydrogens (tertiary/aromatic N) is 3. The van der Waals surface area contributed by atoms with Crippen LogP contribution in [0.4, 0.5) is 5.82 Å². The van der Waals surface area contributed by atoms with Gasteiger partial charge >= 0.3 is 0 Å². The molecule has 0 spiro atoms. The second kappa shape index (κ2) is 5.72. The third-order valence-electron chi connectivity index (χ3n) is 3.28. The van der Waals surface area contributed by atoms with Crippen LogP contribution < -0.4 is 10.9 Å². The van der Waals surface area contributed by atoms with Crippen molar-refractivity contribution in [2.24, 2.45) is 5.16 Å². The van der Waals surface area contributed by atoms with E-state index in [1.54, 1.807) is 24.6 Å². The lowest BCUT2D eigenvalue weighted by Gasteiger charge is -2.10. The third kappa shape index (κ3) is 2.44. The van der Waals surface area contributed by atoms with Crippen LogP contribution in [0.2, 0.25) is 0 Å². The van der Waals surface area contributed by atoms with E-state index in [9.17, 15) is 4.79 Å². The summed E-state index contributed by atoms with van der Waals surface area (Å²) in [5, 5.41) is 14.8. The summed E-state index contributed by atoms with van der Waals surface area (Å²) < 4.78 is 6.66. The minimum absolute atomic E-state index is 0.178. The van der Waals surface area contributed by atoms with E-state index in [1.165, 1.54) is 4.40 Å². The van der Waals surface area contributed by atoms with Crippen LogP contribution in [-0.2, 0) is 6.54 Å². The molecule has 112 valence electrons. The molecule has 3 aromatic rings. The molecule has 0 aliphatic carbocycles. The number of oxime groups is 1. The highest BCUT2D eigenvalue weighted by atomic mass is 16.4. The van der Waals surface area contributed by atoms with Gasteiger partial charge in [-0.3, -0.25) is 9.20 Å². The predicted molar refractivity (Wildman–Crippen MR) is 81.6 cm³/mol. The summed E-state index contributed by atoms with van der Waals surface area (Å²) in [5.41, 5.74) is 1.28. The van der Waals surface area contributed by atoms with Crippen LogP contribution in [0.5, 0.6) is 0 Å². The summed E-state index contributed by atoms with van der Waals surface area (Å²) in [5.74, 6) is 1.05. The molecule has 3 aromatic heterocycles. The zero-order valence-corrected chi connectivity index (χ0v) is 11.9. The fourth-order valence-corrected chi connectivity index (χ4v) is 2.20. The largest absolute Gasteiger partial charge is 0.467 e. The van der Waals surface area contributed by atoms with Gasteiger partial charge in [-0.1, -0.05) is 11.2 Å². The van der Waals surface area contributed by atoms with Crippen molar-refractivity contribution < 1.29 is 9.62 Å². The number of furan rings is 1. The van der Waals surface area contributed by atoms with Gasteiger partial charge in [-0.25, -0.2) is 4.98 Å². The number of hydrogen-bond acceptors (Lipinski definition) is 6. The highest BCUT2D eigenvalue weighted by Gasteiger charge is 2.12. The third-order valence-corrected chi connectivity index (χ3v) is 3.28. The van der Waals surface area contributed by atoms with Crippen molar-refractivity contribution in [3.8, 4) is 0 Å². The van der Waals surface area contributed by atoms with Gasteiger partial charge in [0.15, 0.2) is 0 Å². The van der Waals surface area contributed by atoms with Crippen LogP contribution in [0, 0.1) is 6.92 Å². The molecule has 0 aliphatic rings. The minimum atomic E-state index is -0.312. The average molecular weight is 298 g/mol. The van der Waals surface area contributed by atoms with Crippen LogP contribution >= 0.6 is 0 Å². The molecule has 22 heavy (non-hydrogen) atoms. The summed E-state index contributed by atoms with van der Waals surface area (Å²) in [6, 6.07) is 7.23. The Morgan fingerprint density at radius 2 is 2.32 bits per heavy atom. The fourth-order valence-electron chi connectivity index (χ4n) is 2.20. The maximum Gasteiger partial charge on any atom is 0.268 e. The van der Waals surface area contributed by atoms with Crippen molar-refractivity contribution in [3.05, 3.63) is 64.0 Å². The van der Waals surface area contributed by atoms with Crippen molar-refractivity contribution in [2.75, 3.05) is 5.32 Å². The molecule has 0 radical (unpaired) electrons. The van der Waals surface area contributed by atoms with Gasteiger partial charge in [0.2, 0.25) is 0 Å². The number of hydrogen-bond donors (Lipinski definition) is 2. The van der Waals surface area contributed by atoms with Crippen molar-refractivity contribution in [1.29, 1.82) is 0 Å². The van der Waals surface area contributed by atoms with E-state index >= 15 is 0 Å². The number of anilines is 1. The van der Waals surface area contributed by atoms with Gasteiger partial charge in [0.25, 0.3) is 5.56 Å². The quantitative estimate of drug-likeness (QED) is 0.437. The smallest absolute Gasteiger partial charge is 0.268 e. The van der Waals surface area contributed by atoms with Crippen molar-refractivity contribution in [1.82, 2.24) is 9.38 Å². The van der Waals surface area contributed by atoms with Gasteiger partial charge in [-0.05, 0) is 30.7 Å². The number of fused-ring (bicyclic) bond motifs is 1. The van der Waals surface area contributed by atoms with E-state index in [0.29, 0.717) is 23.8 Å². The maximum absolute atomic E-state index is 12.5. The Hall–Kier alpha value is -3.09. The molecule has 7 heteroatoms. The molecule has 0 atom stereocenters. The van der Waals surface area contributed by atoms with Crippen LogP contribution in [0.15, 0.2) is 51.1 Å². The highest BCUT2D eigenvalue weighted by Crippen LogP contribution is 2.13. The topological polar surface area (TPSA) is 92.1 Å². The molecule has 2 N–H and O–H groups in total. The van der Waals surface area contributed by atoms with E-state index in [1.807, 2.05) is 19.1 Å². The van der Waals surface area contributed by atoms with Crippen molar-refractivity contribution >= 4 is 17.7 Å². The van der Waals surface area contributed by atoms with Crippen LogP contribution in [0.1, 0.15) is 16.9 Å². The Labute approximate surface area is 125 Å². The normalized spacial score (nSPS) is 11.3. The average Bonchev–Trinajstić information content (AvgIpc) is 3.03. The molecule has 0 amide bonds. The Bertz CT molecular complexity index is 882. The number of rotatable bonds is 4. The first kappa shape index (κ1) is 13.9. The molecule has 0 unspecified atom stereocenters. The van der Waals surface area contributed by atoms with E-state index in [4.69, 9.17) is 9.62 Å². The summed E-state index contributed by atoms with van der Waals surface area (Å²) in [4.78, 5) is 17.0. The number of nitrogens with one attached hydrogen (secondary N) is 1. The molecular weight excluding hydrogens is 284 g/mol. The Kier molecular flexibility index (Phi) is 3.61. The van der Waals surface area contributed by atoms with Gasteiger partial charge < -0.3 is 14.9 Å². The molecule has 7 nitrogen and oxygen atoms in total. The molecule has 0 aromatic carbocycles. The van der Waals surface area contributed by atoms with Crippen LogP contribution in [0.25, 0.3) is 5.65 Å². The molecule has 0 bridgehead atoms. The van der Waals surface area contributed by atoms with Gasteiger partial charge in [0.1, 0.15) is 22.8 Å². The minimum Gasteiger partial charge on any atom is -0.467 e. The Morgan fingerprint density at radius 3 is 3.05 bits per heavy atom. The zero-order valence-electron chi connectivity index (χ0n) is 11.9. The standard InChI is InChI=1S/C15H14N4O3/c1-10-4-2-6-19-14(10)18-13(12(9-17-21)15(19)20)16-8-11-5-3-7-22-11/h2-7,9,16,21H,8H2,1H3/b17-9-. The van der Waals surface area contributed by atoms with Crippen molar-refractivity contribution in [3.63, 3.8) is 0 Å². The van der Waals surface area contributed by atoms with Gasteiger partial charge in [-0.2, -0.15) is 0 Å². The van der Waals surface area contributed by atoms with E-state index in [-0.39, 0.29) is 11.1 Å². The highest BCUT2D eigenvalue weighted by molar-refractivity contribution is 5.86. The van der Waals surface area contributed by atoms with Crippen LogP contribution in [0.3, 0.4) is 0 Å². The molecule has 0 saturated carbocycles. The van der Waals surface area contributed by atoms with Crippen LogP contribution in [-0.4, -0.2) is 20.8 Å². The summed E-state index contributed by atoms with van der Waals surface area (Å²) in [6.07, 6.45) is 4.28. The first-order valence-electron chi connectivity index (χ1n) is 6.66. The molecule has 3 rings (SSSR count). The SMILES string of the molecule is Cc1cccn2c(=O)c(/C=N\O)c(NCc3ccco3)nc12. The van der Waals surface area contributed by atoms with Gasteiger partial charge in [-0.15, -0.1) is 0 Å². The molecule has 0 saturated heterocycles. The maximum atomic E-state index is 12.5. The first-order valence-corrected chi connectivity index (χ1v) is 6.66. The Morgan fingerprint density at radius 1 is 1.45 bits per heavy atom. The second-order valence-electron chi connectivity index (χ2n) is 4.74. The number of pyridine rings is 1. The van der Waals surface area contributed by atoms with Gasteiger partial charge in [0, 0.05) is 6.20 Å². The fraction of sp³-hybridized carbons (Fsp3) is 0.133. The Balaban J connectivity index is 2.12. The predicted octanol–water partition coefficient (Wildman–Crippen LogP) is 2.02. The lowest BCUT2D eigenvalue weighted by molar-refractivity contribution is 0.322. The van der Waals surface area contributed by atoms with Gasteiger partial charge in [0.05, 0.1) is 19.0 Å². The zero-order chi connectivity index (χ0) is 15.5. The molecule has 0 fully saturated rings. The number of aryl methyl sites for hydroxylation is 1.